The number of aliphatic hydroxyl groups is 1. The molecule has 1 fully saturated rings. The summed E-state index contributed by atoms with van der Waals surface area (Å²) in [4.78, 5) is 24.9. The van der Waals surface area contributed by atoms with Gasteiger partial charge in [0.1, 0.15) is 11.8 Å². The number of rotatable bonds is 5. The second-order valence-electron chi connectivity index (χ2n) is 4.22. The highest BCUT2D eigenvalue weighted by molar-refractivity contribution is 6.04. The lowest BCUT2D eigenvalue weighted by atomic mass is 10.1. The molecule has 2 N–H and O–H groups in total. The SMILES string of the molecule is COc1ccc(C2NC(=O)N(CCCO)C2=O)cc1. The van der Waals surface area contributed by atoms with E-state index >= 15 is 0 Å². The Bertz CT molecular complexity index is 472. The van der Waals surface area contributed by atoms with Gasteiger partial charge in [-0.2, -0.15) is 0 Å². The Labute approximate surface area is 111 Å². The maximum atomic E-state index is 12.1. The van der Waals surface area contributed by atoms with Gasteiger partial charge in [0.2, 0.25) is 0 Å². The lowest BCUT2D eigenvalue weighted by molar-refractivity contribution is -0.127. The molecule has 2 rings (SSSR count). The molecule has 6 heteroatoms. The van der Waals surface area contributed by atoms with Crippen LogP contribution in [0.15, 0.2) is 24.3 Å². The van der Waals surface area contributed by atoms with E-state index in [-0.39, 0.29) is 19.1 Å². The van der Waals surface area contributed by atoms with E-state index in [9.17, 15) is 9.59 Å². The predicted molar refractivity (Wildman–Crippen MR) is 67.7 cm³/mol. The van der Waals surface area contributed by atoms with Gasteiger partial charge in [0.15, 0.2) is 0 Å². The van der Waals surface area contributed by atoms with Crippen LogP contribution in [0.2, 0.25) is 0 Å². The topological polar surface area (TPSA) is 78.9 Å². The van der Waals surface area contributed by atoms with Gasteiger partial charge in [-0.25, -0.2) is 4.79 Å². The summed E-state index contributed by atoms with van der Waals surface area (Å²) in [6.07, 6.45) is 0.383. The van der Waals surface area contributed by atoms with E-state index in [2.05, 4.69) is 5.32 Å². The number of carbonyl (C=O) groups is 2. The van der Waals surface area contributed by atoms with E-state index in [0.717, 1.165) is 4.90 Å². The number of ether oxygens (including phenoxy) is 1. The highest BCUT2D eigenvalue weighted by Gasteiger charge is 2.38. The summed E-state index contributed by atoms with van der Waals surface area (Å²) >= 11 is 0. The molecule has 0 aromatic heterocycles. The Morgan fingerprint density at radius 3 is 2.58 bits per heavy atom. The number of hydrogen-bond donors (Lipinski definition) is 2. The van der Waals surface area contributed by atoms with Crippen LogP contribution in [0.25, 0.3) is 0 Å². The van der Waals surface area contributed by atoms with E-state index in [4.69, 9.17) is 9.84 Å². The van der Waals surface area contributed by atoms with Crippen LogP contribution in [-0.2, 0) is 4.79 Å². The number of nitrogens with zero attached hydrogens (tertiary/aromatic N) is 1. The molecule has 0 saturated carbocycles. The number of hydrogen-bond acceptors (Lipinski definition) is 4. The summed E-state index contributed by atoms with van der Waals surface area (Å²) < 4.78 is 5.04. The van der Waals surface area contributed by atoms with E-state index in [0.29, 0.717) is 17.7 Å². The maximum Gasteiger partial charge on any atom is 0.325 e. The molecule has 1 unspecified atom stereocenters. The van der Waals surface area contributed by atoms with Crippen molar-refractivity contribution in [2.45, 2.75) is 12.5 Å². The van der Waals surface area contributed by atoms with Crippen LogP contribution in [0.5, 0.6) is 5.75 Å². The van der Waals surface area contributed by atoms with Crippen LogP contribution in [0.3, 0.4) is 0 Å². The summed E-state index contributed by atoms with van der Waals surface area (Å²) in [5, 5.41) is 11.4. The smallest absolute Gasteiger partial charge is 0.325 e. The minimum atomic E-state index is -0.655. The Hall–Kier alpha value is -2.08. The van der Waals surface area contributed by atoms with Gasteiger partial charge >= 0.3 is 6.03 Å². The van der Waals surface area contributed by atoms with E-state index in [1.165, 1.54) is 0 Å². The molecule has 0 spiro atoms. The quantitative estimate of drug-likeness (QED) is 0.766. The number of carbonyl (C=O) groups excluding carboxylic acids is 2. The average Bonchev–Trinajstić information content (AvgIpc) is 2.72. The Kier molecular flexibility index (Phi) is 4.01. The molecule has 1 aliphatic heterocycles. The molecule has 19 heavy (non-hydrogen) atoms. The van der Waals surface area contributed by atoms with Gasteiger partial charge in [-0.05, 0) is 24.1 Å². The number of urea groups is 1. The molecule has 0 radical (unpaired) electrons. The van der Waals surface area contributed by atoms with Crippen LogP contribution in [0.1, 0.15) is 18.0 Å². The molecule has 1 aliphatic rings. The monoisotopic (exact) mass is 264 g/mol. The number of aliphatic hydroxyl groups excluding tert-OH is 1. The van der Waals surface area contributed by atoms with Crippen LogP contribution >= 0.6 is 0 Å². The van der Waals surface area contributed by atoms with Crippen molar-refractivity contribution in [2.24, 2.45) is 0 Å². The van der Waals surface area contributed by atoms with Crippen molar-refractivity contribution in [1.29, 1.82) is 0 Å². The fourth-order valence-electron chi connectivity index (χ4n) is 1.98. The first-order chi connectivity index (χ1) is 9.17. The van der Waals surface area contributed by atoms with Crippen molar-refractivity contribution < 1.29 is 19.4 Å². The normalized spacial score (nSPS) is 18.6. The Morgan fingerprint density at radius 1 is 1.32 bits per heavy atom. The van der Waals surface area contributed by atoms with Crippen LogP contribution < -0.4 is 10.1 Å². The summed E-state index contributed by atoms with van der Waals surface area (Å²) in [5.41, 5.74) is 0.714. The summed E-state index contributed by atoms with van der Waals surface area (Å²) in [6, 6.07) is 5.90. The molecule has 1 aromatic carbocycles. The van der Waals surface area contributed by atoms with Gasteiger partial charge in [-0.15, -0.1) is 0 Å². The van der Waals surface area contributed by atoms with Gasteiger partial charge in [0.05, 0.1) is 7.11 Å². The third-order valence-corrected chi connectivity index (χ3v) is 3.01. The second kappa shape index (κ2) is 5.71. The molecule has 1 saturated heterocycles. The number of amides is 3. The fraction of sp³-hybridized carbons (Fsp3) is 0.385. The first-order valence-corrected chi connectivity index (χ1v) is 6.04. The number of benzene rings is 1. The van der Waals surface area contributed by atoms with Crippen LogP contribution in [0, 0.1) is 0 Å². The maximum absolute atomic E-state index is 12.1. The second-order valence-corrected chi connectivity index (χ2v) is 4.22. The van der Waals surface area contributed by atoms with Gasteiger partial charge in [-0.1, -0.05) is 12.1 Å². The van der Waals surface area contributed by atoms with Crippen LogP contribution in [0.4, 0.5) is 4.79 Å². The Balaban J connectivity index is 2.13. The molecule has 3 amide bonds. The first-order valence-electron chi connectivity index (χ1n) is 6.04. The first kappa shape index (κ1) is 13.4. The summed E-state index contributed by atoms with van der Waals surface area (Å²) in [6.45, 7) is 0.179. The summed E-state index contributed by atoms with van der Waals surface area (Å²) in [5.74, 6) is 0.404. The molecular formula is C13H16N2O4. The summed E-state index contributed by atoms with van der Waals surface area (Å²) in [7, 11) is 1.56. The van der Waals surface area contributed by atoms with Crippen molar-refractivity contribution >= 4 is 11.9 Å². The molecule has 102 valence electrons. The van der Waals surface area contributed by atoms with E-state index in [1.807, 2.05) is 0 Å². The highest BCUT2D eigenvalue weighted by atomic mass is 16.5. The van der Waals surface area contributed by atoms with Crippen molar-refractivity contribution in [3.8, 4) is 5.75 Å². The zero-order chi connectivity index (χ0) is 13.8. The zero-order valence-corrected chi connectivity index (χ0v) is 10.6. The van der Waals surface area contributed by atoms with Gasteiger partial charge in [0, 0.05) is 13.2 Å². The van der Waals surface area contributed by atoms with Crippen molar-refractivity contribution in [1.82, 2.24) is 10.2 Å². The van der Waals surface area contributed by atoms with Crippen molar-refractivity contribution in [3.05, 3.63) is 29.8 Å². The molecule has 6 nitrogen and oxygen atoms in total. The third-order valence-electron chi connectivity index (χ3n) is 3.01. The van der Waals surface area contributed by atoms with Crippen molar-refractivity contribution in [3.63, 3.8) is 0 Å². The minimum Gasteiger partial charge on any atom is -0.497 e. The molecule has 1 heterocycles. The number of nitrogens with one attached hydrogen (secondary N) is 1. The van der Waals surface area contributed by atoms with Crippen LogP contribution in [-0.4, -0.2) is 42.2 Å². The number of imide groups is 1. The van der Waals surface area contributed by atoms with Crippen molar-refractivity contribution in [2.75, 3.05) is 20.3 Å². The molecule has 0 bridgehead atoms. The van der Waals surface area contributed by atoms with Gasteiger partial charge < -0.3 is 15.2 Å². The molecule has 1 aromatic rings. The zero-order valence-electron chi connectivity index (χ0n) is 10.6. The van der Waals surface area contributed by atoms with Gasteiger partial charge in [-0.3, -0.25) is 9.69 Å². The minimum absolute atomic E-state index is 0.0513. The largest absolute Gasteiger partial charge is 0.497 e. The average molecular weight is 264 g/mol. The van der Waals surface area contributed by atoms with E-state index in [1.54, 1.807) is 31.4 Å². The third kappa shape index (κ3) is 2.68. The van der Waals surface area contributed by atoms with Gasteiger partial charge in [0.25, 0.3) is 5.91 Å². The number of methoxy groups -OCH3 is 1. The molecular weight excluding hydrogens is 248 g/mol. The Morgan fingerprint density at radius 2 is 2.00 bits per heavy atom. The highest BCUT2D eigenvalue weighted by Crippen LogP contribution is 2.23. The predicted octanol–water partition coefficient (Wildman–Crippen LogP) is 0.670. The van der Waals surface area contributed by atoms with E-state index < -0.39 is 12.1 Å². The molecule has 0 aliphatic carbocycles. The lowest BCUT2D eigenvalue weighted by Gasteiger charge is -2.12. The lowest BCUT2D eigenvalue weighted by Crippen LogP contribution is -2.32. The fourth-order valence-corrected chi connectivity index (χ4v) is 1.98. The molecule has 1 atom stereocenters. The standard InChI is InChI=1S/C13H16N2O4/c1-19-10-5-3-9(4-6-10)11-12(17)15(7-2-8-16)13(18)14-11/h3-6,11,16H,2,7-8H2,1H3,(H,14,18).